The number of benzene rings is 1. The smallest absolute Gasteiger partial charge is 0.170 e. The Balaban J connectivity index is 2.30. The van der Waals surface area contributed by atoms with Crippen LogP contribution in [-0.4, -0.2) is 18.9 Å². The van der Waals surface area contributed by atoms with Crippen molar-refractivity contribution in [3.8, 4) is 0 Å². The summed E-state index contributed by atoms with van der Waals surface area (Å²) in [4.78, 5) is 12.5. The standard InChI is InChI=1S/C14H17F2NO/c1-2-5-14(6-7-17-9-14)13(18)10-3-4-11(15)12(16)8-10/h3-4,8,17H,2,5-7,9H2,1H3. The van der Waals surface area contributed by atoms with Gasteiger partial charge in [0.25, 0.3) is 0 Å². The van der Waals surface area contributed by atoms with Crippen LogP contribution in [0.4, 0.5) is 8.78 Å². The summed E-state index contributed by atoms with van der Waals surface area (Å²) in [5.74, 6) is -1.95. The van der Waals surface area contributed by atoms with E-state index in [1.54, 1.807) is 0 Å². The Labute approximate surface area is 105 Å². The van der Waals surface area contributed by atoms with Crippen molar-refractivity contribution in [2.24, 2.45) is 5.41 Å². The van der Waals surface area contributed by atoms with Gasteiger partial charge in [-0.2, -0.15) is 0 Å². The molecule has 1 aliphatic heterocycles. The van der Waals surface area contributed by atoms with Crippen LogP contribution in [0.5, 0.6) is 0 Å². The molecule has 1 heterocycles. The van der Waals surface area contributed by atoms with E-state index in [-0.39, 0.29) is 11.3 Å². The molecule has 2 rings (SSSR count). The van der Waals surface area contributed by atoms with Crippen molar-refractivity contribution in [3.05, 3.63) is 35.4 Å². The van der Waals surface area contributed by atoms with Gasteiger partial charge in [-0.15, -0.1) is 0 Å². The molecule has 0 bridgehead atoms. The Kier molecular flexibility index (Phi) is 3.76. The first-order chi connectivity index (χ1) is 8.59. The fraction of sp³-hybridized carbons (Fsp3) is 0.500. The molecule has 1 aromatic carbocycles. The van der Waals surface area contributed by atoms with Gasteiger partial charge in [-0.05, 0) is 37.6 Å². The number of carbonyl (C=O) groups is 1. The second-order valence-electron chi connectivity index (χ2n) is 4.92. The molecule has 0 spiro atoms. The predicted molar refractivity (Wildman–Crippen MR) is 65.5 cm³/mol. The molecule has 1 unspecified atom stereocenters. The first-order valence-corrected chi connectivity index (χ1v) is 6.29. The van der Waals surface area contributed by atoms with Crippen molar-refractivity contribution in [2.75, 3.05) is 13.1 Å². The molecule has 18 heavy (non-hydrogen) atoms. The number of carbonyl (C=O) groups excluding carboxylic acids is 1. The van der Waals surface area contributed by atoms with E-state index in [2.05, 4.69) is 5.32 Å². The normalized spacial score (nSPS) is 23.3. The lowest BCUT2D eigenvalue weighted by molar-refractivity contribution is 0.0801. The zero-order valence-corrected chi connectivity index (χ0v) is 10.4. The SMILES string of the molecule is CCCC1(C(=O)c2ccc(F)c(F)c2)CCNC1. The van der Waals surface area contributed by atoms with Gasteiger partial charge in [-0.3, -0.25) is 4.79 Å². The van der Waals surface area contributed by atoms with Crippen molar-refractivity contribution in [1.29, 1.82) is 0 Å². The minimum Gasteiger partial charge on any atom is -0.316 e. The summed E-state index contributed by atoms with van der Waals surface area (Å²) in [5, 5.41) is 3.19. The molecular weight excluding hydrogens is 236 g/mol. The van der Waals surface area contributed by atoms with E-state index in [1.807, 2.05) is 6.92 Å². The Morgan fingerprint density at radius 2 is 2.17 bits per heavy atom. The third kappa shape index (κ3) is 2.29. The highest BCUT2D eigenvalue weighted by Crippen LogP contribution is 2.35. The molecule has 1 saturated heterocycles. The highest BCUT2D eigenvalue weighted by atomic mass is 19.2. The minimum atomic E-state index is -0.960. The van der Waals surface area contributed by atoms with Gasteiger partial charge in [0.15, 0.2) is 17.4 Å². The number of hydrogen-bond acceptors (Lipinski definition) is 2. The van der Waals surface area contributed by atoms with Crippen LogP contribution < -0.4 is 5.32 Å². The van der Waals surface area contributed by atoms with E-state index in [0.29, 0.717) is 6.54 Å². The molecule has 98 valence electrons. The van der Waals surface area contributed by atoms with Crippen molar-refractivity contribution in [1.82, 2.24) is 5.32 Å². The first kappa shape index (κ1) is 13.1. The van der Waals surface area contributed by atoms with Crippen molar-refractivity contribution in [3.63, 3.8) is 0 Å². The highest BCUT2D eigenvalue weighted by molar-refractivity contribution is 6.01. The molecule has 0 aliphatic carbocycles. The lowest BCUT2D eigenvalue weighted by Gasteiger charge is -2.26. The van der Waals surface area contributed by atoms with Crippen LogP contribution in [0.15, 0.2) is 18.2 Å². The summed E-state index contributed by atoms with van der Waals surface area (Å²) >= 11 is 0. The first-order valence-electron chi connectivity index (χ1n) is 6.29. The fourth-order valence-corrected chi connectivity index (χ4v) is 2.69. The maximum Gasteiger partial charge on any atom is 0.170 e. The van der Waals surface area contributed by atoms with E-state index in [4.69, 9.17) is 0 Å². The van der Waals surface area contributed by atoms with Gasteiger partial charge in [0, 0.05) is 17.5 Å². The van der Waals surface area contributed by atoms with Crippen LogP contribution in [-0.2, 0) is 0 Å². The molecule has 1 N–H and O–H groups in total. The largest absolute Gasteiger partial charge is 0.316 e. The summed E-state index contributed by atoms with van der Waals surface area (Å²) in [6.07, 6.45) is 2.44. The van der Waals surface area contributed by atoms with E-state index in [0.717, 1.165) is 37.9 Å². The van der Waals surface area contributed by atoms with Gasteiger partial charge < -0.3 is 5.32 Å². The van der Waals surface area contributed by atoms with Crippen LogP contribution in [0.25, 0.3) is 0 Å². The van der Waals surface area contributed by atoms with Crippen molar-refractivity contribution in [2.45, 2.75) is 26.2 Å². The molecule has 0 saturated carbocycles. The topological polar surface area (TPSA) is 29.1 Å². The summed E-state index contributed by atoms with van der Waals surface area (Å²) in [6, 6.07) is 3.40. The predicted octanol–water partition coefficient (Wildman–Crippen LogP) is 2.93. The van der Waals surface area contributed by atoms with E-state index < -0.39 is 17.0 Å². The second kappa shape index (κ2) is 5.14. The van der Waals surface area contributed by atoms with Crippen LogP contribution in [0.2, 0.25) is 0 Å². The lowest BCUT2D eigenvalue weighted by Crippen LogP contribution is -2.33. The maximum atomic E-state index is 13.2. The second-order valence-corrected chi connectivity index (χ2v) is 4.92. The van der Waals surface area contributed by atoms with Gasteiger partial charge in [0.1, 0.15) is 0 Å². The number of halogens is 2. The third-order valence-electron chi connectivity index (χ3n) is 3.64. The lowest BCUT2D eigenvalue weighted by atomic mass is 9.76. The van der Waals surface area contributed by atoms with Crippen LogP contribution >= 0.6 is 0 Å². The molecule has 0 aromatic heterocycles. The Hall–Kier alpha value is -1.29. The molecule has 1 aliphatic rings. The number of ketones is 1. The van der Waals surface area contributed by atoms with Gasteiger partial charge in [-0.25, -0.2) is 8.78 Å². The molecule has 4 heteroatoms. The molecule has 0 radical (unpaired) electrons. The van der Waals surface area contributed by atoms with E-state index >= 15 is 0 Å². The minimum absolute atomic E-state index is 0.0757. The summed E-state index contributed by atoms with van der Waals surface area (Å²) in [6.45, 7) is 3.45. The van der Waals surface area contributed by atoms with Crippen LogP contribution in [0, 0.1) is 17.0 Å². The third-order valence-corrected chi connectivity index (χ3v) is 3.64. The number of hydrogen-bond donors (Lipinski definition) is 1. The Morgan fingerprint density at radius 3 is 2.72 bits per heavy atom. The van der Waals surface area contributed by atoms with Gasteiger partial charge in [0.2, 0.25) is 0 Å². The molecule has 1 atom stereocenters. The van der Waals surface area contributed by atoms with Gasteiger partial charge >= 0.3 is 0 Å². The average molecular weight is 253 g/mol. The van der Waals surface area contributed by atoms with Crippen molar-refractivity contribution < 1.29 is 13.6 Å². The van der Waals surface area contributed by atoms with Crippen LogP contribution in [0.3, 0.4) is 0 Å². The van der Waals surface area contributed by atoms with Crippen molar-refractivity contribution >= 4 is 5.78 Å². The zero-order valence-electron chi connectivity index (χ0n) is 10.4. The molecular formula is C14H17F2NO. The van der Waals surface area contributed by atoms with E-state index in [1.165, 1.54) is 6.07 Å². The Morgan fingerprint density at radius 1 is 1.39 bits per heavy atom. The molecule has 1 fully saturated rings. The summed E-state index contributed by atoms with van der Waals surface area (Å²) < 4.78 is 26.1. The maximum absolute atomic E-state index is 13.2. The summed E-state index contributed by atoms with van der Waals surface area (Å²) in [7, 11) is 0. The fourth-order valence-electron chi connectivity index (χ4n) is 2.69. The number of Topliss-reactive ketones (excluding diaryl/α,β-unsaturated/α-hetero) is 1. The van der Waals surface area contributed by atoms with Gasteiger partial charge in [0.05, 0.1) is 0 Å². The molecule has 2 nitrogen and oxygen atoms in total. The average Bonchev–Trinajstić information content (AvgIpc) is 2.82. The van der Waals surface area contributed by atoms with Gasteiger partial charge in [-0.1, -0.05) is 13.3 Å². The summed E-state index contributed by atoms with van der Waals surface area (Å²) in [5.41, 5.74) is -0.176. The molecule has 1 aromatic rings. The Bertz CT molecular complexity index is 453. The number of nitrogens with one attached hydrogen (secondary N) is 1. The van der Waals surface area contributed by atoms with Crippen LogP contribution in [0.1, 0.15) is 36.5 Å². The monoisotopic (exact) mass is 253 g/mol. The molecule has 0 amide bonds. The highest BCUT2D eigenvalue weighted by Gasteiger charge is 2.40. The quantitative estimate of drug-likeness (QED) is 0.836. The van der Waals surface area contributed by atoms with E-state index in [9.17, 15) is 13.6 Å². The zero-order chi connectivity index (χ0) is 13.2. The number of rotatable bonds is 4.